The normalized spacial score (nSPS) is 9.94. The van der Waals surface area contributed by atoms with Gasteiger partial charge in [-0.2, -0.15) is 0 Å². The highest BCUT2D eigenvalue weighted by atomic mass is 35.5. The van der Waals surface area contributed by atoms with E-state index in [1.807, 2.05) is 6.92 Å². The Bertz CT molecular complexity index is 449. The average Bonchev–Trinajstić information content (AvgIpc) is 2.33. The molecule has 0 fully saturated rings. The lowest BCUT2D eigenvalue weighted by molar-refractivity contribution is -0.120. The number of pyridine rings is 1. The molecule has 0 saturated heterocycles. The van der Waals surface area contributed by atoms with Gasteiger partial charge in [-0.3, -0.25) is 14.6 Å². The van der Waals surface area contributed by atoms with Gasteiger partial charge in [-0.05, 0) is 19.4 Å². The second kappa shape index (κ2) is 6.96. The Labute approximate surface area is 111 Å². The molecule has 0 unspecified atom stereocenters. The van der Waals surface area contributed by atoms with E-state index in [4.69, 9.17) is 11.6 Å². The molecule has 0 saturated carbocycles. The van der Waals surface area contributed by atoms with Crippen molar-refractivity contribution in [1.29, 1.82) is 0 Å². The van der Waals surface area contributed by atoms with E-state index >= 15 is 0 Å². The van der Waals surface area contributed by atoms with Crippen molar-refractivity contribution in [2.75, 3.05) is 13.1 Å². The van der Waals surface area contributed by atoms with Crippen LogP contribution in [-0.2, 0) is 4.79 Å². The van der Waals surface area contributed by atoms with Gasteiger partial charge in [0.25, 0.3) is 5.91 Å². The van der Waals surface area contributed by atoms with Gasteiger partial charge >= 0.3 is 0 Å². The smallest absolute Gasteiger partial charge is 0.254 e. The minimum absolute atomic E-state index is 0.0664. The van der Waals surface area contributed by atoms with E-state index in [1.165, 1.54) is 6.20 Å². The molecule has 1 heterocycles. The average molecular weight is 270 g/mol. The van der Waals surface area contributed by atoms with Gasteiger partial charge < -0.3 is 10.6 Å². The Morgan fingerprint density at radius 3 is 2.72 bits per heavy atom. The molecule has 5 nitrogen and oxygen atoms in total. The van der Waals surface area contributed by atoms with Crippen LogP contribution in [0.4, 0.5) is 0 Å². The van der Waals surface area contributed by atoms with E-state index in [9.17, 15) is 9.59 Å². The number of carbonyl (C=O) groups excluding carboxylic acids is 2. The second-order valence-electron chi connectivity index (χ2n) is 3.84. The zero-order valence-corrected chi connectivity index (χ0v) is 11.2. The van der Waals surface area contributed by atoms with Crippen LogP contribution in [0, 0.1) is 6.92 Å². The molecule has 0 aliphatic carbocycles. The summed E-state index contributed by atoms with van der Waals surface area (Å²) in [5.74, 6) is -0.624. The molecular weight excluding hydrogens is 254 g/mol. The van der Waals surface area contributed by atoms with Crippen LogP contribution in [0.2, 0.25) is 5.02 Å². The minimum Gasteiger partial charge on any atom is -0.355 e. The van der Waals surface area contributed by atoms with Crippen LogP contribution in [0.15, 0.2) is 12.3 Å². The fourth-order valence-corrected chi connectivity index (χ4v) is 1.57. The summed E-state index contributed by atoms with van der Waals surface area (Å²) >= 11 is 5.92. The van der Waals surface area contributed by atoms with Crippen LogP contribution in [0.25, 0.3) is 0 Å². The first-order valence-electron chi connectivity index (χ1n) is 5.71. The highest BCUT2D eigenvalue weighted by Crippen LogP contribution is 2.15. The Kier molecular flexibility index (Phi) is 5.58. The summed E-state index contributed by atoms with van der Waals surface area (Å²) in [6, 6.07) is 1.60. The van der Waals surface area contributed by atoms with Gasteiger partial charge in [0, 0.05) is 18.4 Å². The van der Waals surface area contributed by atoms with E-state index in [-0.39, 0.29) is 18.0 Å². The molecule has 1 aromatic rings. The first-order valence-corrected chi connectivity index (χ1v) is 6.09. The van der Waals surface area contributed by atoms with Gasteiger partial charge in [0.05, 0.1) is 17.1 Å². The summed E-state index contributed by atoms with van der Waals surface area (Å²) in [4.78, 5) is 27.0. The first-order chi connectivity index (χ1) is 8.54. The van der Waals surface area contributed by atoms with Crippen LogP contribution >= 0.6 is 11.6 Å². The van der Waals surface area contributed by atoms with E-state index in [1.54, 1.807) is 13.0 Å². The van der Waals surface area contributed by atoms with Crippen molar-refractivity contribution in [2.45, 2.75) is 20.3 Å². The van der Waals surface area contributed by atoms with Crippen molar-refractivity contribution >= 4 is 23.4 Å². The number of nitrogens with one attached hydrogen (secondary N) is 2. The molecule has 0 radical (unpaired) electrons. The molecule has 0 spiro atoms. The Morgan fingerprint density at radius 1 is 1.39 bits per heavy atom. The topological polar surface area (TPSA) is 71.1 Å². The van der Waals surface area contributed by atoms with E-state index in [2.05, 4.69) is 15.6 Å². The number of rotatable bonds is 5. The minimum atomic E-state index is -0.404. The zero-order chi connectivity index (χ0) is 13.5. The largest absolute Gasteiger partial charge is 0.355 e. The number of aromatic nitrogens is 1. The molecule has 2 N–H and O–H groups in total. The maximum absolute atomic E-state index is 11.7. The summed E-state index contributed by atoms with van der Waals surface area (Å²) in [7, 11) is 0. The molecule has 6 heteroatoms. The second-order valence-corrected chi connectivity index (χ2v) is 4.25. The number of halogens is 1. The van der Waals surface area contributed by atoms with Crippen molar-refractivity contribution in [3.63, 3.8) is 0 Å². The van der Waals surface area contributed by atoms with Gasteiger partial charge in [-0.25, -0.2) is 0 Å². The van der Waals surface area contributed by atoms with Crippen LogP contribution in [-0.4, -0.2) is 29.9 Å². The number of aryl methyl sites for hydroxylation is 1. The third-order valence-corrected chi connectivity index (χ3v) is 2.53. The van der Waals surface area contributed by atoms with Gasteiger partial charge in [-0.15, -0.1) is 0 Å². The van der Waals surface area contributed by atoms with Crippen molar-refractivity contribution in [3.8, 4) is 0 Å². The van der Waals surface area contributed by atoms with Crippen LogP contribution in [0.3, 0.4) is 0 Å². The zero-order valence-electron chi connectivity index (χ0n) is 10.4. The van der Waals surface area contributed by atoms with Gasteiger partial charge in [0.1, 0.15) is 0 Å². The fraction of sp³-hybridized carbons (Fsp3) is 0.417. The molecule has 18 heavy (non-hydrogen) atoms. The van der Waals surface area contributed by atoms with Gasteiger partial charge in [0.15, 0.2) is 0 Å². The number of hydrogen-bond donors (Lipinski definition) is 2. The molecule has 98 valence electrons. The third-order valence-electron chi connectivity index (χ3n) is 2.22. The molecule has 0 aliphatic rings. The van der Waals surface area contributed by atoms with Crippen molar-refractivity contribution in [1.82, 2.24) is 15.6 Å². The number of hydrogen-bond acceptors (Lipinski definition) is 3. The summed E-state index contributed by atoms with van der Waals surface area (Å²) < 4.78 is 0. The Hall–Kier alpha value is -1.62. The quantitative estimate of drug-likeness (QED) is 0.846. The van der Waals surface area contributed by atoms with Crippen LogP contribution < -0.4 is 10.6 Å². The first kappa shape index (κ1) is 14.4. The molecule has 1 aromatic heterocycles. The van der Waals surface area contributed by atoms with Crippen molar-refractivity contribution in [2.24, 2.45) is 0 Å². The number of carbonyl (C=O) groups is 2. The molecule has 1 rings (SSSR count). The van der Waals surface area contributed by atoms with Crippen molar-refractivity contribution < 1.29 is 9.59 Å². The predicted octanol–water partition coefficient (Wildman–Crippen LogP) is 1.30. The lowest BCUT2D eigenvalue weighted by Crippen LogP contribution is -2.37. The van der Waals surface area contributed by atoms with E-state index < -0.39 is 5.91 Å². The predicted molar refractivity (Wildman–Crippen MR) is 69.6 cm³/mol. The van der Waals surface area contributed by atoms with Gasteiger partial charge in [0.2, 0.25) is 5.91 Å². The summed E-state index contributed by atoms with van der Waals surface area (Å²) in [6.07, 6.45) is 2.25. The Balaban J connectivity index is 2.53. The SMILES string of the molecule is CCCNC(=O)CNC(=O)c1cnc(C)cc1Cl. The summed E-state index contributed by atoms with van der Waals surface area (Å²) in [6.45, 7) is 4.27. The fourth-order valence-electron chi connectivity index (χ4n) is 1.28. The lowest BCUT2D eigenvalue weighted by atomic mass is 10.2. The third kappa shape index (κ3) is 4.33. The maximum atomic E-state index is 11.7. The van der Waals surface area contributed by atoms with Gasteiger partial charge in [-0.1, -0.05) is 18.5 Å². The number of nitrogens with zero attached hydrogens (tertiary/aromatic N) is 1. The molecule has 2 amide bonds. The lowest BCUT2D eigenvalue weighted by Gasteiger charge is -2.07. The molecule has 0 aromatic carbocycles. The maximum Gasteiger partial charge on any atom is 0.254 e. The molecule has 0 atom stereocenters. The Morgan fingerprint density at radius 2 is 2.11 bits per heavy atom. The van der Waals surface area contributed by atoms with Crippen molar-refractivity contribution in [3.05, 3.63) is 28.5 Å². The highest BCUT2D eigenvalue weighted by molar-refractivity contribution is 6.33. The summed E-state index contributed by atoms with van der Waals surface area (Å²) in [5, 5.41) is 5.48. The monoisotopic (exact) mass is 269 g/mol. The summed E-state index contributed by atoms with van der Waals surface area (Å²) in [5.41, 5.74) is 1.00. The van der Waals surface area contributed by atoms with Crippen LogP contribution in [0.5, 0.6) is 0 Å². The van der Waals surface area contributed by atoms with E-state index in [0.29, 0.717) is 11.6 Å². The van der Waals surface area contributed by atoms with Crippen LogP contribution in [0.1, 0.15) is 29.4 Å². The highest BCUT2D eigenvalue weighted by Gasteiger charge is 2.12. The van der Waals surface area contributed by atoms with E-state index in [0.717, 1.165) is 12.1 Å². The number of amides is 2. The standard InChI is InChI=1S/C12H16ClN3O2/c1-3-4-14-11(17)7-16-12(18)9-6-15-8(2)5-10(9)13/h5-6H,3-4,7H2,1-2H3,(H,14,17)(H,16,18). The molecule has 0 aliphatic heterocycles. The molecule has 0 bridgehead atoms. The molecular formula is C12H16ClN3O2.